The van der Waals surface area contributed by atoms with E-state index in [2.05, 4.69) is 11.8 Å². The number of ketones is 1. The second-order valence-electron chi connectivity index (χ2n) is 5.87. The highest BCUT2D eigenvalue weighted by atomic mass is 16.2. The van der Waals surface area contributed by atoms with Gasteiger partial charge in [0.05, 0.1) is 0 Å². The summed E-state index contributed by atoms with van der Waals surface area (Å²) in [5, 5.41) is 0. The van der Waals surface area contributed by atoms with Crippen LogP contribution in [0.15, 0.2) is 0 Å². The van der Waals surface area contributed by atoms with Crippen LogP contribution in [0.4, 0.5) is 0 Å². The zero-order valence-corrected chi connectivity index (χ0v) is 10.5. The highest BCUT2D eigenvalue weighted by Gasteiger charge is 2.50. The summed E-state index contributed by atoms with van der Waals surface area (Å²) in [5.74, 6) is 1.96. The van der Waals surface area contributed by atoms with Crippen molar-refractivity contribution in [2.45, 2.75) is 51.5 Å². The molecule has 1 saturated carbocycles. The molecule has 1 unspecified atom stereocenters. The molecule has 1 amide bonds. The van der Waals surface area contributed by atoms with Gasteiger partial charge in [-0.25, -0.2) is 0 Å². The normalized spacial score (nSPS) is 41.4. The lowest BCUT2D eigenvalue weighted by atomic mass is 9.68. The molecule has 3 rings (SSSR count). The van der Waals surface area contributed by atoms with Crippen LogP contribution >= 0.6 is 0 Å². The highest BCUT2D eigenvalue weighted by Crippen LogP contribution is 2.45. The molecule has 2 saturated heterocycles. The molecule has 0 N–H and O–H groups in total. The van der Waals surface area contributed by atoms with Crippen LogP contribution in [0.5, 0.6) is 0 Å². The van der Waals surface area contributed by atoms with Crippen molar-refractivity contribution >= 4 is 11.7 Å². The summed E-state index contributed by atoms with van der Waals surface area (Å²) >= 11 is 0. The third-order valence-corrected chi connectivity index (χ3v) is 5.10. The number of nitrogens with zero attached hydrogens (tertiary/aromatic N) is 1. The van der Waals surface area contributed by atoms with Crippen molar-refractivity contribution in [3.8, 4) is 0 Å². The Hall–Kier alpha value is -0.860. The Morgan fingerprint density at radius 2 is 2.12 bits per heavy atom. The third kappa shape index (κ3) is 1.62. The fourth-order valence-corrected chi connectivity index (χ4v) is 4.40. The van der Waals surface area contributed by atoms with E-state index in [1.54, 1.807) is 0 Å². The SMILES string of the molecule is CCC1C(=O)C[C@@H]2CCN3C(=O)CCC[C@H]1[C@H]23. The van der Waals surface area contributed by atoms with Gasteiger partial charge in [-0.1, -0.05) is 6.92 Å². The Morgan fingerprint density at radius 3 is 2.88 bits per heavy atom. The molecule has 1 aliphatic carbocycles. The molecule has 3 aliphatic rings. The largest absolute Gasteiger partial charge is 0.339 e. The van der Waals surface area contributed by atoms with Crippen molar-refractivity contribution in [1.82, 2.24) is 4.90 Å². The van der Waals surface area contributed by atoms with Crippen molar-refractivity contribution in [1.29, 1.82) is 0 Å². The van der Waals surface area contributed by atoms with Gasteiger partial charge in [0.2, 0.25) is 5.91 Å². The van der Waals surface area contributed by atoms with Gasteiger partial charge in [-0.15, -0.1) is 0 Å². The van der Waals surface area contributed by atoms with Gasteiger partial charge in [-0.2, -0.15) is 0 Å². The van der Waals surface area contributed by atoms with E-state index in [4.69, 9.17) is 0 Å². The van der Waals surface area contributed by atoms with Gasteiger partial charge in [-0.3, -0.25) is 9.59 Å². The van der Waals surface area contributed by atoms with E-state index < -0.39 is 0 Å². The van der Waals surface area contributed by atoms with E-state index in [1.165, 1.54) is 0 Å². The Labute approximate surface area is 103 Å². The highest BCUT2D eigenvalue weighted by molar-refractivity contribution is 5.84. The average Bonchev–Trinajstić information content (AvgIpc) is 2.64. The molecule has 3 heteroatoms. The predicted molar refractivity (Wildman–Crippen MR) is 64.4 cm³/mol. The Balaban J connectivity index is 1.94. The zero-order chi connectivity index (χ0) is 12.0. The summed E-state index contributed by atoms with van der Waals surface area (Å²) in [7, 11) is 0. The topological polar surface area (TPSA) is 37.4 Å². The summed E-state index contributed by atoms with van der Waals surface area (Å²) in [6, 6.07) is 0.396. The number of hydrogen-bond donors (Lipinski definition) is 0. The zero-order valence-electron chi connectivity index (χ0n) is 10.5. The predicted octanol–water partition coefficient (Wildman–Crippen LogP) is 2.00. The van der Waals surface area contributed by atoms with Crippen LogP contribution in [0.2, 0.25) is 0 Å². The molecule has 0 spiro atoms. The third-order valence-electron chi connectivity index (χ3n) is 5.10. The molecular formula is C14H21NO2. The van der Waals surface area contributed by atoms with Gasteiger partial charge >= 0.3 is 0 Å². The molecule has 2 aliphatic heterocycles. The Bertz CT molecular complexity index is 352. The molecule has 2 heterocycles. The molecule has 4 atom stereocenters. The lowest BCUT2D eigenvalue weighted by molar-refractivity contribution is -0.137. The first-order chi connectivity index (χ1) is 8.22. The number of hydrogen-bond acceptors (Lipinski definition) is 2. The fourth-order valence-electron chi connectivity index (χ4n) is 4.40. The first-order valence-electron chi connectivity index (χ1n) is 7.04. The second kappa shape index (κ2) is 4.11. The van der Waals surface area contributed by atoms with E-state index in [9.17, 15) is 9.59 Å². The average molecular weight is 235 g/mol. The minimum absolute atomic E-state index is 0.225. The summed E-state index contributed by atoms with van der Waals surface area (Å²) < 4.78 is 0. The van der Waals surface area contributed by atoms with Gasteiger partial charge < -0.3 is 4.90 Å². The molecule has 17 heavy (non-hydrogen) atoms. The van der Waals surface area contributed by atoms with Crippen molar-refractivity contribution in [3.05, 3.63) is 0 Å². The quantitative estimate of drug-likeness (QED) is 0.697. The van der Waals surface area contributed by atoms with Gasteiger partial charge in [0.1, 0.15) is 5.78 Å². The van der Waals surface area contributed by atoms with Crippen LogP contribution in [0.3, 0.4) is 0 Å². The monoisotopic (exact) mass is 235 g/mol. The van der Waals surface area contributed by atoms with Gasteiger partial charge in [0.15, 0.2) is 0 Å². The first-order valence-corrected chi connectivity index (χ1v) is 7.04. The summed E-state index contributed by atoms with van der Waals surface area (Å²) in [6.07, 6.45) is 5.48. The molecule has 3 fully saturated rings. The maximum Gasteiger partial charge on any atom is 0.222 e. The van der Waals surface area contributed by atoms with E-state index in [1.807, 2.05) is 0 Å². The number of carbonyl (C=O) groups excluding carboxylic acids is 2. The van der Waals surface area contributed by atoms with Crippen LogP contribution in [-0.4, -0.2) is 29.2 Å². The standard InChI is InChI=1S/C14H21NO2/c1-2-10-11-4-3-5-13(17)15-7-6-9(14(11)15)8-12(10)16/h9-11,14H,2-8H2,1H3/t9-,10?,11+,14-/m0/s1. The minimum atomic E-state index is 0.225. The number of carbonyl (C=O) groups is 2. The van der Waals surface area contributed by atoms with Gasteiger partial charge in [0, 0.05) is 31.3 Å². The molecule has 0 aromatic carbocycles. The molecule has 0 radical (unpaired) electrons. The smallest absolute Gasteiger partial charge is 0.222 e. The Morgan fingerprint density at radius 1 is 1.29 bits per heavy atom. The lowest BCUT2D eigenvalue weighted by Crippen LogP contribution is -2.48. The fraction of sp³-hybridized carbons (Fsp3) is 0.857. The van der Waals surface area contributed by atoms with Gasteiger partial charge in [0.25, 0.3) is 0 Å². The molecule has 94 valence electrons. The molecular weight excluding hydrogens is 214 g/mol. The van der Waals surface area contributed by atoms with Crippen LogP contribution in [0.25, 0.3) is 0 Å². The van der Waals surface area contributed by atoms with Crippen molar-refractivity contribution in [2.24, 2.45) is 17.8 Å². The number of Topliss-reactive ketones (excluding diaryl/α,β-unsaturated/α-hetero) is 1. The van der Waals surface area contributed by atoms with Crippen LogP contribution < -0.4 is 0 Å². The van der Waals surface area contributed by atoms with Crippen LogP contribution in [0.1, 0.15) is 45.4 Å². The van der Waals surface area contributed by atoms with Crippen LogP contribution in [0, 0.1) is 17.8 Å². The van der Waals surface area contributed by atoms with Gasteiger partial charge in [-0.05, 0) is 37.5 Å². The molecule has 0 aromatic heterocycles. The minimum Gasteiger partial charge on any atom is -0.339 e. The molecule has 0 bridgehead atoms. The lowest BCUT2D eigenvalue weighted by Gasteiger charge is -2.41. The van der Waals surface area contributed by atoms with E-state index in [0.717, 1.165) is 38.6 Å². The maximum absolute atomic E-state index is 12.2. The van der Waals surface area contributed by atoms with Crippen molar-refractivity contribution < 1.29 is 9.59 Å². The number of amides is 1. The summed E-state index contributed by atoms with van der Waals surface area (Å²) in [4.78, 5) is 26.3. The van der Waals surface area contributed by atoms with Crippen LogP contribution in [-0.2, 0) is 9.59 Å². The second-order valence-corrected chi connectivity index (χ2v) is 5.87. The van der Waals surface area contributed by atoms with Crippen molar-refractivity contribution in [3.63, 3.8) is 0 Å². The Kier molecular flexibility index (Phi) is 2.72. The summed E-state index contributed by atoms with van der Waals surface area (Å²) in [6.45, 7) is 3.02. The number of rotatable bonds is 1. The molecule has 3 nitrogen and oxygen atoms in total. The summed E-state index contributed by atoms with van der Waals surface area (Å²) in [5.41, 5.74) is 0. The van der Waals surface area contributed by atoms with Crippen molar-refractivity contribution in [2.75, 3.05) is 6.54 Å². The maximum atomic E-state index is 12.2. The van der Waals surface area contributed by atoms with E-state index in [-0.39, 0.29) is 5.92 Å². The van der Waals surface area contributed by atoms with E-state index in [0.29, 0.717) is 36.0 Å². The van der Waals surface area contributed by atoms with E-state index >= 15 is 0 Å². The molecule has 0 aromatic rings. The first kappa shape index (κ1) is 11.2.